The van der Waals surface area contributed by atoms with Crippen LogP contribution in [0.2, 0.25) is 0 Å². The predicted molar refractivity (Wildman–Crippen MR) is 114 cm³/mol. The van der Waals surface area contributed by atoms with Gasteiger partial charge in [-0.2, -0.15) is 0 Å². The summed E-state index contributed by atoms with van der Waals surface area (Å²) in [5.74, 6) is -5.55. The van der Waals surface area contributed by atoms with Crippen LogP contribution in [0.3, 0.4) is 0 Å². The molecule has 3 saturated heterocycles. The molecule has 4 aliphatic heterocycles. The van der Waals surface area contributed by atoms with Crippen molar-refractivity contribution < 1.29 is 41.6 Å². The molecular weight excluding hydrogens is 487 g/mol. The molecule has 190 valence electrons. The van der Waals surface area contributed by atoms with Gasteiger partial charge in [0.1, 0.15) is 6.10 Å². The predicted octanol–water partition coefficient (Wildman–Crippen LogP) is 1.11. The van der Waals surface area contributed by atoms with Gasteiger partial charge < -0.3 is 19.1 Å². The van der Waals surface area contributed by atoms with Gasteiger partial charge >= 0.3 is 6.03 Å². The molecule has 0 radical (unpaired) electrons. The highest BCUT2D eigenvalue weighted by atomic mass is 19.3. The van der Waals surface area contributed by atoms with Crippen LogP contribution < -0.4 is 15.5 Å². The minimum atomic E-state index is -2.98. The third kappa shape index (κ3) is 2.93. The van der Waals surface area contributed by atoms with Crippen molar-refractivity contribution in [3.05, 3.63) is 23.4 Å². The average Bonchev–Trinajstić information content (AvgIpc) is 3.19. The Hall–Kier alpha value is -3.68. The number of ether oxygens (including phenoxy) is 1. The number of morpholine rings is 1. The minimum Gasteiger partial charge on any atom is -0.368 e. The van der Waals surface area contributed by atoms with Gasteiger partial charge in [0.2, 0.25) is 11.8 Å². The molecule has 1 spiro atoms. The van der Waals surface area contributed by atoms with Crippen LogP contribution in [0, 0.1) is 5.41 Å². The zero-order valence-electron chi connectivity index (χ0n) is 19.0. The fourth-order valence-corrected chi connectivity index (χ4v) is 5.76. The molecule has 5 amide bonds. The lowest BCUT2D eigenvalue weighted by Crippen LogP contribution is -2.76. The van der Waals surface area contributed by atoms with E-state index in [0.29, 0.717) is 11.3 Å². The number of carbonyl (C=O) groups is 4. The zero-order chi connectivity index (χ0) is 25.7. The summed E-state index contributed by atoms with van der Waals surface area (Å²) in [4.78, 5) is 53.2. The van der Waals surface area contributed by atoms with Gasteiger partial charge in [0, 0.05) is 11.8 Å². The van der Waals surface area contributed by atoms with E-state index in [1.165, 1.54) is 24.0 Å². The highest BCUT2D eigenvalue weighted by Crippen LogP contribution is 2.49. The van der Waals surface area contributed by atoms with Gasteiger partial charge in [-0.1, -0.05) is 5.16 Å². The molecule has 11 nitrogen and oxygen atoms in total. The standard InChI is InChI=1S/C22H20F3N5O6/c1-8-15-22(18(32)26-20(34)27-19(22)33)5-10-3-11-13(4-12(10)30(15)16(23)9(2)35-8)36-28-14(11)17(31)29-6-21(24,25)7-29/h3-4,8-9,15-16H,5-7H2,1-2H3,(H2,26,27,32,33,34)/t8-,9+,15+,16?/m1/s1. The number of urea groups is 1. The van der Waals surface area contributed by atoms with Gasteiger partial charge in [-0.05, 0) is 31.9 Å². The highest BCUT2D eigenvalue weighted by molar-refractivity contribution is 6.20. The fraction of sp³-hybridized carbons (Fsp3) is 0.500. The minimum absolute atomic E-state index is 0.103. The molecule has 2 aromatic rings. The van der Waals surface area contributed by atoms with Crippen LogP contribution in [0.25, 0.3) is 11.0 Å². The molecule has 36 heavy (non-hydrogen) atoms. The summed E-state index contributed by atoms with van der Waals surface area (Å²) < 4.78 is 53.3. The van der Waals surface area contributed by atoms with Crippen molar-refractivity contribution in [2.45, 2.75) is 50.7 Å². The molecule has 0 saturated carbocycles. The van der Waals surface area contributed by atoms with Gasteiger partial charge in [-0.25, -0.2) is 18.0 Å². The number of benzene rings is 1. The number of fused-ring (bicyclic) bond motifs is 5. The Balaban J connectivity index is 1.51. The van der Waals surface area contributed by atoms with Crippen LogP contribution in [-0.4, -0.2) is 77.4 Å². The molecule has 5 heterocycles. The lowest BCUT2D eigenvalue weighted by atomic mass is 9.66. The number of imide groups is 2. The van der Waals surface area contributed by atoms with E-state index in [9.17, 15) is 28.0 Å². The summed E-state index contributed by atoms with van der Waals surface area (Å²) in [6.07, 6.45) is -3.74. The van der Waals surface area contributed by atoms with E-state index in [-0.39, 0.29) is 23.1 Å². The highest BCUT2D eigenvalue weighted by Gasteiger charge is 2.64. The molecule has 4 aliphatic rings. The first-order valence-corrected chi connectivity index (χ1v) is 11.3. The second-order valence-corrected chi connectivity index (χ2v) is 9.68. The maximum absolute atomic E-state index is 15.7. The molecule has 1 aromatic heterocycles. The average molecular weight is 507 g/mol. The van der Waals surface area contributed by atoms with Crippen molar-refractivity contribution in [3.63, 3.8) is 0 Å². The lowest BCUT2D eigenvalue weighted by molar-refractivity contribution is -0.159. The van der Waals surface area contributed by atoms with E-state index in [1.54, 1.807) is 6.92 Å². The number of rotatable bonds is 1. The summed E-state index contributed by atoms with van der Waals surface area (Å²) >= 11 is 0. The molecule has 3 fully saturated rings. The monoisotopic (exact) mass is 507 g/mol. The van der Waals surface area contributed by atoms with E-state index in [0.717, 1.165) is 4.90 Å². The number of aromatic nitrogens is 1. The van der Waals surface area contributed by atoms with Crippen molar-refractivity contribution in [3.8, 4) is 0 Å². The van der Waals surface area contributed by atoms with E-state index in [1.807, 2.05) is 0 Å². The number of nitrogens with zero attached hydrogens (tertiary/aromatic N) is 3. The Morgan fingerprint density at radius 1 is 1.11 bits per heavy atom. The number of halogens is 3. The van der Waals surface area contributed by atoms with E-state index in [2.05, 4.69) is 15.8 Å². The lowest BCUT2D eigenvalue weighted by Gasteiger charge is -2.56. The van der Waals surface area contributed by atoms with Crippen molar-refractivity contribution in [1.82, 2.24) is 20.7 Å². The smallest absolute Gasteiger partial charge is 0.328 e. The molecule has 0 aliphatic carbocycles. The third-order valence-corrected chi connectivity index (χ3v) is 7.35. The fourth-order valence-electron chi connectivity index (χ4n) is 5.76. The summed E-state index contributed by atoms with van der Waals surface area (Å²) in [5.41, 5.74) is -1.43. The van der Waals surface area contributed by atoms with Gasteiger partial charge in [0.05, 0.1) is 30.6 Å². The number of barbiturate groups is 1. The van der Waals surface area contributed by atoms with Crippen molar-refractivity contribution in [2.24, 2.45) is 5.41 Å². The van der Waals surface area contributed by atoms with Crippen LogP contribution in [0.4, 0.5) is 23.7 Å². The summed E-state index contributed by atoms with van der Waals surface area (Å²) in [6.45, 7) is 1.61. The Morgan fingerprint density at radius 3 is 2.42 bits per heavy atom. The molecule has 6 rings (SSSR count). The molecule has 0 bridgehead atoms. The molecule has 1 unspecified atom stereocenters. The normalized spacial score (nSPS) is 30.4. The summed E-state index contributed by atoms with van der Waals surface area (Å²) in [7, 11) is 0. The van der Waals surface area contributed by atoms with Crippen LogP contribution in [0.5, 0.6) is 0 Å². The van der Waals surface area contributed by atoms with Crippen LogP contribution in [0.15, 0.2) is 16.7 Å². The number of likely N-dealkylation sites (tertiary alicyclic amines) is 1. The molecule has 1 aromatic carbocycles. The van der Waals surface area contributed by atoms with Crippen LogP contribution in [0.1, 0.15) is 29.9 Å². The van der Waals surface area contributed by atoms with Gasteiger partial charge in [-0.3, -0.25) is 25.0 Å². The number of hydrogen-bond donors (Lipinski definition) is 2. The Morgan fingerprint density at radius 2 is 1.78 bits per heavy atom. The Bertz CT molecular complexity index is 1330. The van der Waals surface area contributed by atoms with Crippen molar-refractivity contribution in [2.75, 3.05) is 18.0 Å². The number of nitrogens with one attached hydrogen (secondary N) is 2. The molecular formula is C22H20F3N5O6. The zero-order valence-corrected chi connectivity index (χ0v) is 19.0. The molecule has 14 heteroatoms. The second-order valence-electron chi connectivity index (χ2n) is 9.68. The quantitative estimate of drug-likeness (QED) is 0.433. The first kappa shape index (κ1) is 22.8. The first-order chi connectivity index (χ1) is 16.9. The molecule has 4 atom stereocenters. The van der Waals surface area contributed by atoms with E-state index < -0.39 is 72.7 Å². The maximum atomic E-state index is 15.7. The first-order valence-electron chi connectivity index (χ1n) is 11.3. The van der Waals surface area contributed by atoms with Gasteiger partial charge in [-0.15, -0.1) is 0 Å². The largest absolute Gasteiger partial charge is 0.368 e. The van der Waals surface area contributed by atoms with E-state index in [4.69, 9.17) is 9.26 Å². The van der Waals surface area contributed by atoms with Crippen molar-refractivity contribution in [1.29, 1.82) is 0 Å². The Kier molecular flexibility index (Phi) is 4.54. The molecule has 2 N–H and O–H groups in total. The van der Waals surface area contributed by atoms with E-state index >= 15 is 4.39 Å². The Labute approximate surface area is 200 Å². The van der Waals surface area contributed by atoms with Crippen LogP contribution >= 0.6 is 0 Å². The van der Waals surface area contributed by atoms with Crippen molar-refractivity contribution >= 4 is 40.4 Å². The second kappa shape index (κ2) is 7.18. The topological polar surface area (TPSA) is 134 Å². The number of anilines is 1. The number of alkyl halides is 3. The van der Waals surface area contributed by atoms with Gasteiger partial charge in [0.15, 0.2) is 23.0 Å². The number of amides is 5. The summed E-state index contributed by atoms with van der Waals surface area (Å²) in [6, 6.07) is 0.782. The SMILES string of the molecule is C[C@@H]1O[C@H](C)[C@@H]2N(c3cc4onc(C(=O)N5CC(F)(F)C5)c4cc3CC23C(=O)NC(=O)NC3=O)C1F. The number of hydrogen-bond acceptors (Lipinski definition) is 8. The van der Waals surface area contributed by atoms with Crippen LogP contribution in [-0.2, 0) is 20.7 Å². The number of carbonyl (C=O) groups excluding carboxylic acids is 4. The summed E-state index contributed by atoms with van der Waals surface area (Å²) in [5, 5.41) is 8.14. The maximum Gasteiger partial charge on any atom is 0.328 e. The third-order valence-electron chi connectivity index (χ3n) is 7.35. The van der Waals surface area contributed by atoms with Gasteiger partial charge in [0.25, 0.3) is 11.8 Å².